The third kappa shape index (κ3) is 1.34. The van der Waals surface area contributed by atoms with Gasteiger partial charge in [-0.3, -0.25) is 0 Å². The lowest BCUT2D eigenvalue weighted by Crippen LogP contribution is -2.24. The molecule has 3 nitrogen and oxygen atoms in total. The molecule has 0 atom stereocenters. The van der Waals surface area contributed by atoms with E-state index in [2.05, 4.69) is 5.10 Å². The molecule has 1 aromatic rings. The molecule has 0 aromatic carbocycles. The Morgan fingerprint density at radius 2 is 2.09 bits per heavy atom. The minimum absolute atomic E-state index is 0.0949. The van der Waals surface area contributed by atoms with E-state index in [1.807, 2.05) is 20.8 Å². The van der Waals surface area contributed by atoms with Gasteiger partial charge in [-0.1, -0.05) is 0 Å². The molecule has 0 fully saturated rings. The van der Waals surface area contributed by atoms with E-state index < -0.39 is 5.82 Å². The van der Waals surface area contributed by atoms with Gasteiger partial charge in [0.2, 0.25) is 0 Å². The number of nitrogens with two attached hydrogens (primary N) is 1. The zero-order chi connectivity index (χ0) is 8.65. The Hall–Kier alpha value is -1.06. The first-order valence-electron chi connectivity index (χ1n) is 3.42. The molecule has 0 radical (unpaired) electrons. The highest BCUT2D eigenvalue weighted by molar-refractivity contribution is 5.29. The first-order valence-corrected chi connectivity index (χ1v) is 3.42. The summed E-state index contributed by atoms with van der Waals surface area (Å²) in [5.74, 6) is -0.363. The van der Waals surface area contributed by atoms with E-state index in [1.54, 1.807) is 0 Å². The summed E-state index contributed by atoms with van der Waals surface area (Å²) in [6.07, 6.45) is 1.13. The number of halogens is 1. The lowest BCUT2D eigenvalue weighted by Gasteiger charge is -2.20. The summed E-state index contributed by atoms with van der Waals surface area (Å²) < 4.78 is 14.1. The Morgan fingerprint density at radius 1 is 1.55 bits per heavy atom. The highest BCUT2D eigenvalue weighted by Crippen LogP contribution is 2.19. The van der Waals surface area contributed by atoms with Gasteiger partial charge >= 0.3 is 0 Å². The number of rotatable bonds is 0. The fourth-order valence-electron chi connectivity index (χ4n) is 0.872. The van der Waals surface area contributed by atoms with Gasteiger partial charge in [0.05, 0.1) is 11.7 Å². The third-order valence-electron chi connectivity index (χ3n) is 1.39. The van der Waals surface area contributed by atoms with Gasteiger partial charge in [0.25, 0.3) is 0 Å². The molecule has 0 aliphatic rings. The topological polar surface area (TPSA) is 43.8 Å². The van der Waals surface area contributed by atoms with E-state index in [9.17, 15) is 4.39 Å². The van der Waals surface area contributed by atoms with Crippen molar-refractivity contribution in [1.29, 1.82) is 0 Å². The van der Waals surface area contributed by atoms with E-state index in [4.69, 9.17) is 5.73 Å². The third-order valence-corrected chi connectivity index (χ3v) is 1.39. The Labute approximate surface area is 65.0 Å². The van der Waals surface area contributed by atoms with Crippen LogP contribution in [0.2, 0.25) is 0 Å². The average molecular weight is 157 g/mol. The van der Waals surface area contributed by atoms with E-state index in [0.717, 1.165) is 6.20 Å². The molecule has 0 aliphatic carbocycles. The van der Waals surface area contributed by atoms with E-state index in [1.165, 1.54) is 4.68 Å². The smallest absolute Gasteiger partial charge is 0.184 e. The zero-order valence-electron chi connectivity index (χ0n) is 6.93. The number of nitrogens with zero attached hydrogens (tertiary/aromatic N) is 2. The Balaban J connectivity index is 3.15. The standard InChI is InChI=1S/C7H12FN3/c1-7(2,3)11-6(9)5(8)4-10-11/h4H,9H2,1-3H3. The van der Waals surface area contributed by atoms with Crippen LogP contribution in [0.3, 0.4) is 0 Å². The Bertz CT molecular complexity index is 259. The highest BCUT2D eigenvalue weighted by atomic mass is 19.1. The molecule has 0 aliphatic heterocycles. The molecular formula is C7H12FN3. The quantitative estimate of drug-likeness (QED) is 0.618. The fourth-order valence-corrected chi connectivity index (χ4v) is 0.872. The molecule has 0 bridgehead atoms. The molecule has 0 saturated heterocycles. The van der Waals surface area contributed by atoms with Gasteiger partial charge in [0, 0.05) is 0 Å². The first kappa shape index (κ1) is 8.04. The maximum Gasteiger partial charge on any atom is 0.184 e. The minimum Gasteiger partial charge on any atom is -0.381 e. The molecule has 1 rings (SSSR count). The normalized spacial score (nSPS) is 12.0. The molecule has 1 heterocycles. The van der Waals surface area contributed by atoms with Gasteiger partial charge in [0.1, 0.15) is 0 Å². The molecule has 0 spiro atoms. The van der Waals surface area contributed by atoms with Crippen LogP contribution in [0.25, 0.3) is 0 Å². The van der Waals surface area contributed by atoms with Crippen molar-refractivity contribution in [2.75, 3.05) is 5.73 Å². The molecule has 1 aromatic heterocycles. The van der Waals surface area contributed by atoms with Gasteiger partial charge in [0.15, 0.2) is 11.6 Å². The van der Waals surface area contributed by atoms with Crippen molar-refractivity contribution in [2.24, 2.45) is 0 Å². The molecular weight excluding hydrogens is 145 g/mol. The largest absolute Gasteiger partial charge is 0.381 e. The van der Waals surface area contributed by atoms with Crippen LogP contribution >= 0.6 is 0 Å². The van der Waals surface area contributed by atoms with Crippen molar-refractivity contribution in [3.63, 3.8) is 0 Å². The summed E-state index contributed by atoms with van der Waals surface area (Å²) in [7, 11) is 0. The molecule has 0 unspecified atom stereocenters. The van der Waals surface area contributed by atoms with Gasteiger partial charge in [-0.2, -0.15) is 5.10 Å². The number of aromatic nitrogens is 2. The summed E-state index contributed by atoms with van der Waals surface area (Å²) >= 11 is 0. The monoisotopic (exact) mass is 157 g/mol. The Kier molecular flexibility index (Phi) is 1.62. The summed E-state index contributed by atoms with van der Waals surface area (Å²) in [6.45, 7) is 5.74. The van der Waals surface area contributed by atoms with Crippen LogP contribution in [-0.2, 0) is 5.54 Å². The summed E-state index contributed by atoms with van der Waals surface area (Å²) in [4.78, 5) is 0. The molecule has 0 saturated carbocycles. The van der Waals surface area contributed by atoms with Crippen molar-refractivity contribution < 1.29 is 4.39 Å². The van der Waals surface area contributed by atoms with Crippen molar-refractivity contribution in [3.05, 3.63) is 12.0 Å². The fraction of sp³-hybridized carbons (Fsp3) is 0.571. The van der Waals surface area contributed by atoms with Crippen molar-refractivity contribution in [1.82, 2.24) is 9.78 Å². The Morgan fingerprint density at radius 3 is 2.27 bits per heavy atom. The minimum atomic E-state index is -0.458. The maximum atomic E-state index is 12.7. The second-order valence-corrected chi connectivity index (χ2v) is 3.46. The number of hydrogen-bond acceptors (Lipinski definition) is 2. The SMILES string of the molecule is CC(C)(C)n1ncc(F)c1N. The van der Waals surface area contributed by atoms with E-state index in [0.29, 0.717) is 0 Å². The summed E-state index contributed by atoms with van der Waals surface area (Å²) in [5, 5.41) is 3.80. The molecule has 11 heavy (non-hydrogen) atoms. The second kappa shape index (κ2) is 2.22. The van der Waals surface area contributed by atoms with Crippen molar-refractivity contribution >= 4 is 5.82 Å². The lowest BCUT2D eigenvalue weighted by atomic mass is 10.1. The van der Waals surface area contributed by atoms with Crippen LogP contribution in [0.15, 0.2) is 6.20 Å². The van der Waals surface area contributed by atoms with Gasteiger partial charge in [-0.05, 0) is 20.8 Å². The van der Waals surface area contributed by atoms with Gasteiger partial charge < -0.3 is 5.73 Å². The van der Waals surface area contributed by atoms with Crippen molar-refractivity contribution in [2.45, 2.75) is 26.3 Å². The van der Waals surface area contributed by atoms with Crippen LogP contribution in [0.4, 0.5) is 10.2 Å². The highest BCUT2D eigenvalue weighted by Gasteiger charge is 2.18. The summed E-state index contributed by atoms with van der Waals surface area (Å²) in [6, 6.07) is 0. The van der Waals surface area contributed by atoms with Gasteiger partial charge in [-0.25, -0.2) is 9.07 Å². The van der Waals surface area contributed by atoms with Crippen LogP contribution in [-0.4, -0.2) is 9.78 Å². The zero-order valence-corrected chi connectivity index (χ0v) is 6.93. The molecule has 0 amide bonds. The molecule has 4 heteroatoms. The average Bonchev–Trinajstić information content (AvgIpc) is 2.11. The predicted molar refractivity (Wildman–Crippen MR) is 41.6 cm³/mol. The van der Waals surface area contributed by atoms with Gasteiger partial charge in [-0.15, -0.1) is 0 Å². The number of nitrogen functional groups attached to an aromatic ring is 1. The van der Waals surface area contributed by atoms with E-state index >= 15 is 0 Å². The summed E-state index contributed by atoms with van der Waals surface area (Å²) in [5.41, 5.74) is 5.16. The lowest BCUT2D eigenvalue weighted by molar-refractivity contribution is 0.360. The van der Waals surface area contributed by atoms with Crippen LogP contribution in [0, 0.1) is 5.82 Å². The van der Waals surface area contributed by atoms with E-state index in [-0.39, 0.29) is 11.4 Å². The van der Waals surface area contributed by atoms with Crippen LogP contribution in [0.5, 0.6) is 0 Å². The molecule has 2 N–H and O–H groups in total. The number of anilines is 1. The number of hydrogen-bond donors (Lipinski definition) is 1. The molecule has 62 valence electrons. The van der Waals surface area contributed by atoms with Crippen molar-refractivity contribution in [3.8, 4) is 0 Å². The predicted octanol–water partition coefficient (Wildman–Crippen LogP) is 1.36. The first-order chi connectivity index (χ1) is 4.93. The van der Waals surface area contributed by atoms with Crippen LogP contribution < -0.4 is 5.73 Å². The maximum absolute atomic E-state index is 12.7. The van der Waals surface area contributed by atoms with Crippen LogP contribution in [0.1, 0.15) is 20.8 Å². The second-order valence-electron chi connectivity index (χ2n) is 3.46.